The van der Waals surface area contributed by atoms with E-state index in [1.165, 1.54) is 12.1 Å². The maximum absolute atomic E-state index is 13.5. The third kappa shape index (κ3) is 2.70. The third-order valence-corrected chi connectivity index (χ3v) is 3.79. The third-order valence-electron chi connectivity index (χ3n) is 3.79. The van der Waals surface area contributed by atoms with E-state index in [0.29, 0.717) is 6.42 Å². The van der Waals surface area contributed by atoms with E-state index < -0.39 is 17.7 Å². The highest BCUT2D eigenvalue weighted by Crippen LogP contribution is 2.39. The Kier molecular flexibility index (Phi) is 3.97. The molecule has 18 heavy (non-hydrogen) atoms. The highest BCUT2D eigenvalue weighted by Gasteiger charge is 2.38. The van der Waals surface area contributed by atoms with Crippen molar-refractivity contribution < 1.29 is 18.6 Å². The molecule has 1 aromatic rings. The molecule has 1 aromatic carbocycles. The molecule has 100 valence electrons. The van der Waals surface area contributed by atoms with E-state index in [-0.39, 0.29) is 17.6 Å². The zero-order valence-electron chi connectivity index (χ0n) is 10.5. The molecular weight excluding hydrogens is 238 g/mol. The summed E-state index contributed by atoms with van der Waals surface area (Å²) in [6.07, 6.45) is 2.82. The molecular formula is C14H18F2O2. The standard InChI is InChI=1S/C14H18F2O2/c1-18-14(6-3-7-14)9-11(17)8-10-4-2-5-12(15)13(10)16/h2,4-5,11,17H,3,6-9H2,1H3. The van der Waals surface area contributed by atoms with Crippen LogP contribution >= 0.6 is 0 Å². The largest absolute Gasteiger partial charge is 0.393 e. The predicted molar refractivity (Wildman–Crippen MR) is 64.3 cm³/mol. The molecule has 2 rings (SSSR count). The van der Waals surface area contributed by atoms with Crippen LogP contribution in [0, 0.1) is 11.6 Å². The molecule has 2 nitrogen and oxygen atoms in total. The zero-order chi connectivity index (χ0) is 13.2. The summed E-state index contributed by atoms with van der Waals surface area (Å²) in [5.74, 6) is -1.73. The van der Waals surface area contributed by atoms with Gasteiger partial charge >= 0.3 is 0 Å². The molecule has 0 bridgehead atoms. The van der Waals surface area contributed by atoms with E-state index in [4.69, 9.17) is 4.74 Å². The molecule has 0 amide bonds. The normalized spacial score (nSPS) is 19.3. The van der Waals surface area contributed by atoms with Crippen molar-refractivity contribution in [3.05, 3.63) is 35.4 Å². The van der Waals surface area contributed by atoms with E-state index in [9.17, 15) is 13.9 Å². The van der Waals surface area contributed by atoms with Crippen molar-refractivity contribution in [2.24, 2.45) is 0 Å². The Labute approximate surface area is 106 Å². The van der Waals surface area contributed by atoms with Gasteiger partial charge in [0.05, 0.1) is 11.7 Å². The summed E-state index contributed by atoms with van der Waals surface area (Å²) in [6, 6.07) is 4.03. The van der Waals surface area contributed by atoms with Crippen LogP contribution in [0.3, 0.4) is 0 Å². The molecule has 0 spiro atoms. The SMILES string of the molecule is COC1(CC(O)Cc2cccc(F)c2F)CCC1. The average Bonchev–Trinajstić information content (AvgIpc) is 2.30. The van der Waals surface area contributed by atoms with Gasteiger partial charge in [-0.1, -0.05) is 12.1 Å². The van der Waals surface area contributed by atoms with Crippen molar-refractivity contribution in [1.29, 1.82) is 0 Å². The Morgan fingerprint density at radius 2 is 2.11 bits per heavy atom. The van der Waals surface area contributed by atoms with Gasteiger partial charge in [-0.2, -0.15) is 0 Å². The van der Waals surface area contributed by atoms with Crippen LogP contribution in [0.2, 0.25) is 0 Å². The lowest BCUT2D eigenvalue weighted by Crippen LogP contribution is -2.42. The minimum absolute atomic E-state index is 0.120. The summed E-state index contributed by atoms with van der Waals surface area (Å²) >= 11 is 0. The van der Waals surface area contributed by atoms with Crippen LogP contribution in [0.15, 0.2) is 18.2 Å². The molecule has 1 aliphatic carbocycles. The first kappa shape index (κ1) is 13.4. The first-order valence-corrected chi connectivity index (χ1v) is 6.22. The highest BCUT2D eigenvalue weighted by atomic mass is 19.2. The molecule has 0 aromatic heterocycles. The fourth-order valence-corrected chi connectivity index (χ4v) is 2.52. The summed E-state index contributed by atoms with van der Waals surface area (Å²) in [5, 5.41) is 9.98. The van der Waals surface area contributed by atoms with Gasteiger partial charge in [0.1, 0.15) is 0 Å². The van der Waals surface area contributed by atoms with Gasteiger partial charge in [0, 0.05) is 20.0 Å². The number of hydrogen-bond acceptors (Lipinski definition) is 2. The van der Waals surface area contributed by atoms with E-state index in [1.807, 2.05) is 0 Å². The van der Waals surface area contributed by atoms with Gasteiger partial charge in [-0.25, -0.2) is 8.78 Å². The smallest absolute Gasteiger partial charge is 0.162 e. The average molecular weight is 256 g/mol. The minimum Gasteiger partial charge on any atom is -0.393 e. The van der Waals surface area contributed by atoms with E-state index in [2.05, 4.69) is 0 Å². The molecule has 1 saturated carbocycles. The second kappa shape index (κ2) is 5.33. The van der Waals surface area contributed by atoms with Gasteiger partial charge in [0.15, 0.2) is 11.6 Å². The molecule has 1 atom stereocenters. The Hall–Kier alpha value is -1.00. The lowest BCUT2D eigenvalue weighted by atomic mass is 9.75. The fraction of sp³-hybridized carbons (Fsp3) is 0.571. The number of methoxy groups -OCH3 is 1. The number of rotatable bonds is 5. The number of aliphatic hydroxyl groups is 1. The summed E-state index contributed by atoms with van der Waals surface area (Å²) < 4.78 is 31.9. The van der Waals surface area contributed by atoms with E-state index in [1.54, 1.807) is 7.11 Å². The Morgan fingerprint density at radius 3 is 2.67 bits per heavy atom. The van der Waals surface area contributed by atoms with Crippen LogP contribution in [-0.2, 0) is 11.2 Å². The maximum Gasteiger partial charge on any atom is 0.162 e. The molecule has 1 aliphatic rings. The molecule has 0 saturated heterocycles. The van der Waals surface area contributed by atoms with Gasteiger partial charge in [-0.3, -0.25) is 0 Å². The van der Waals surface area contributed by atoms with Crippen LogP contribution in [-0.4, -0.2) is 23.9 Å². The topological polar surface area (TPSA) is 29.5 Å². The van der Waals surface area contributed by atoms with Crippen molar-refractivity contribution in [2.45, 2.75) is 43.8 Å². The summed E-state index contributed by atoms with van der Waals surface area (Å²) in [6.45, 7) is 0. The summed E-state index contributed by atoms with van der Waals surface area (Å²) in [7, 11) is 1.63. The summed E-state index contributed by atoms with van der Waals surface area (Å²) in [4.78, 5) is 0. The molecule has 0 radical (unpaired) electrons. The number of ether oxygens (including phenoxy) is 1. The first-order valence-electron chi connectivity index (χ1n) is 6.22. The Balaban J connectivity index is 1.98. The molecule has 0 aliphatic heterocycles. The number of halogens is 2. The molecule has 1 unspecified atom stereocenters. The predicted octanol–water partition coefficient (Wildman–Crippen LogP) is 2.83. The van der Waals surface area contributed by atoms with Gasteiger partial charge in [-0.05, 0) is 30.9 Å². The Bertz CT molecular complexity index is 411. The van der Waals surface area contributed by atoms with Crippen molar-refractivity contribution in [1.82, 2.24) is 0 Å². The first-order chi connectivity index (χ1) is 8.56. The van der Waals surface area contributed by atoms with Crippen molar-refractivity contribution in [2.75, 3.05) is 7.11 Å². The van der Waals surface area contributed by atoms with Crippen molar-refractivity contribution in [3.8, 4) is 0 Å². The monoisotopic (exact) mass is 256 g/mol. The van der Waals surface area contributed by atoms with Crippen LogP contribution in [0.25, 0.3) is 0 Å². The second-order valence-electron chi connectivity index (χ2n) is 5.02. The number of hydrogen-bond donors (Lipinski definition) is 1. The fourth-order valence-electron chi connectivity index (χ4n) is 2.52. The van der Waals surface area contributed by atoms with Crippen LogP contribution in [0.5, 0.6) is 0 Å². The van der Waals surface area contributed by atoms with Crippen molar-refractivity contribution in [3.63, 3.8) is 0 Å². The zero-order valence-corrected chi connectivity index (χ0v) is 10.5. The lowest BCUT2D eigenvalue weighted by Gasteiger charge is -2.41. The highest BCUT2D eigenvalue weighted by molar-refractivity contribution is 5.19. The van der Waals surface area contributed by atoms with Crippen LogP contribution in [0.4, 0.5) is 8.78 Å². The lowest BCUT2D eigenvalue weighted by molar-refractivity contribution is -0.0989. The quantitative estimate of drug-likeness (QED) is 0.877. The number of benzene rings is 1. The van der Waals surface area contributed by atoms with Crippen molar-refractivity contribution >= 4 is 0 Å². The van der Waals surface area contributed by atoms with Gasteiger partial charge in [0.2, 0.25) is 0 Å². The maximum atomic E-state index is 13.5. The van der Waals surface area contributed by atoms with E-state index in [0.717, 1.165) is 25.3 Å². The van der Waals surface area contributed by atoms with Crippen LogP contribution < -0.4 is 0 Å². The van der Waals surface area contributed by atoms with Crippen LogP contribution in [0.1, 0.15) is 31.2 Å². The van der Waals surface area contributed by atoms with Gasteiger partial charge in [0.25, 0.3) is 0 Å². The van der Waals surface area contributed by atoms with E-state index >= 15 is 0 Å². The number of aliphatic hydroxyl groups excluding tert-OH is 1. The Morgan fingerprint density at radius 1 is 1.39 bits per heavy atom. The molecule has 1 N–H and O–H groups in total. The van der Waals surface area contributed by atoms with Gasteiger partial charge in [-0.15, -0.1) is 0 Å². The second-order valence-corrected chi connectivity index (χ2v) is 5.02. The van der Waals surface area contributed by atoms with Gasteiger partial charge < -0.3 is 9.84 Å². The summed E-state index contributed by atoms with van der Waals surface area (Å²) in [5.41, 5.74) is -0.0449. The minimum atomic E-state index is -0.871. The molecule has 1 fully saturated rings. The molecule has 0 heterocycles. The molecule has 4 heteroatoms.